The number of nitrogens with one attached hydrogen (secondary N) is 1. The molecule has 1 aromatic heterocycles. The van der Waals surface area contributed by atoms with Crippen LogP contribution in [0.15, 0.2) is 24.5 Å². The Bertz CT molecular complexity index is 436. The van der Waals surface area contributed by atoms with Crippen LogP contribution < -0.4 is 0 Å². The van der Waals surface area contributed by atoms with Crippen LogP contribution in [0.4, 0.5) is 0 Å². The number of aliphatic hydroxyl groups excluding tert-OH is 1. The topological polar surface area (TPSA) is 48.9 Å². The van der Waals surface area contributed by atoms with E-state index in [0.29, 0.717) is 0 Å². The number of aromatic amines is 1. The smallest absolute Gasteiger partial charge is 0.0931 e. The number of benzene rings is 1. The Balaban J connectivity index is 2.14. The third kappa shape index (κ3) is 2.36. The number of nitrogens with zero attached hydrogens (tertiary/aromatic N) is 1. The summed E-state index contributed by atoms with van der Waals surface area (Å²) in [4.78, 5) is 7.23. The molecule has 15 heavy (non-hydrogen) atoms. The molecule has 0 fully saturated rings. The second-order valence-corrected chi connectivity index (χ2v) is 3.90. The molecule has 0 spiro atoms. The second kappa shape index (κ2) is 4.45. The van der Waals surface area contributed by atoms with Gasteiger partial charge in [0.05, 0.1) is 23.5 Å². The fourth-order valence-corrected chi connectivity index (χ4v) is 1.82. The standard InChI is InChI=1S/C12H16N2O/c1-2-3-10(15)6-9-4-5-11-12(7-9)14-8-13-11/h4-5,7-8,10,15H,2-3,6H2,1H3,(H,13,14). The molecule has 2 N–H and O–H groups in total. The van der Waals surface area contributed by atoms with Gasteiger partial charge < -0.3 is 10.1 Å². The molecule has 1 unspecified atom stereocenters. The summed E-state index contributed by atoms with van der Waals surface area (Å²) < 4.78 is 0. The Morgan fingerprint density at radius 2 is 2.33 bits per heavy atom. The molecule has 1 heterocycles. The van der Waals surface area contributed by atoms with Gasteiger partial charge in [0, 0.05) is 0 Å². The van der Waals surface area contributed by atoms with Gasteiger partial charge in [-0.1, -0.05) is 19.4 Å². The molecule has 0 saturated carbocycles. The predicted octanol–water partition coefficient (Wildman–Crippen LogP) is 2.27. The monoisotopic (exact) mass is 204 g/mol. The third-order valence-electron chi connectivity index (χ3n) is 2.58. The van der Waals surface area contributed by atoms with Gasteiger partial charge in [-0.3, -0.25) is 0 Å². The first-order chi connectivity index (χ1) is 7.29. The maximum absolute atomic E-state index is 9.70. The summed E-state index contributed by atoms with van der Waals surface area (Å²) in [6.07, 6.45) is 4.07. The van der Waals surface area contributed by atoms with Gasteiger partial charge in [-0.05, 0) is 30.5 Å². The highest BCUT2D eigenvalue weighted by molar-refractivity contribution is 5.75. The van der Waals surface area contributed by atoms with Crippen molar-refractivity contribution >= 4 is 11.0 Å². The summed E-state index contributed by atoms with van der Waals surface area (Å²) in [5, 5.41) is 9.70. The number of hydrogen-bond donors (Lipinski definition) is 2. The fourth-order valence-electron chi connectivity index (χ4n) is 1.82. The van der Waals surface area contributed by atoms with Gasteiger partial charge >= 0.3 is 0 Å². The van der Waals surface area contributed by atoms with Gasteiger partial charge in [0.15, 0.2) is 0 Å². The average Bonchev–Trinajstić information content (AvgIpc) is 2.65. The molecular weight excluding hydrogens is 188 g/mol. The van der Waals surface area contributed by atoms with Gasteiger partial charge in [-0.15, -0.1) is 0 Å². The molecule has 1 aromatic carbocycles. The van der Waals surface area contributed by atoms with Gasteiger partial charge in [0.2, 0.25) is 0 Å². The van der Waals surface area contributed by atoms with Gasteiger partial charge in [-0.2, -0.15) is 0 Å². The van der Waals surface area contributed by atoms with E-state index in [9.17, 15) is 5.11 Å². The number of aliphatic hydroxyl groups is 1. The first-order valence-corrected chi connectivity index (χ1v) is 5.39. The summed E-state index contributed by atoms with van der Waals surface area (Å²) in [6.45, 7) is 2.08. The normalized spacial score (nSPS) is 13.2. The predicted molar refractivity (Wildman–Crippen MR) is 60.7 cm³/mol. The Kier molecular flexibility index (Phi) is 3.02. The van der Waals surface area contributed by atoms with E-state index in [-0.39, 0.29) is 6.10 Å². The molecule has 2 aromatic rings. The maximum atomic E-state index is 9.70. The van der Waals surface area contributed by atoms with Crippen LogP contribution in [-0.2, 0) is 6.42 Å². The summed E-state index contributed by atoms with van der Waals surface area (Å²) in [6, 6.07) is 6.07. The van der Waals surface area contributed by atoms with Gasteiger partial charge in [0.1, 0.15) is 0 Å². The van der Waals surface area contributed by atoms with E-state index in [1.807, 2.05) is 12.1 Å². The second-order valence-electron chi connectivity index (χ2n) is 3.90. The molecule has 0 aliphatic rings. The molecule has 0 radical (unpaired) electrons. The first-order valence-electron chi connectivity index (χ1n) is 5.39. The molecule has 80 valence electrons. The Labute approximate surface area is 89.2 Å². The molecule has 1 atom stereocenters. The minimum atomic E-state index is -0.227. The molecular formula is C12H16N2O. The Morgan fingerprint density at radius 1 is 1.47 bits per heavy atom. The van der Waals surface area contributed by atoms with Crippen molar-refractivity contribution in [2.75, 3.05) is 0 Å². The zero-order valence-electron chi connectivity index (χ0n) is 8.90. The van der Waals surface area contributed by atoms with Gasteiger partial charge in [-0.25, -0.2) is 4.98 Å². The lowest BCUT2D eigenvalue weighted by Gasteiger charge is -2.08. The zero-order chi connectivity index (χ0) is 10.7. The van der Waals surface area contributed by atoms with Crippen LogP contribution in [0.5, 0.6) is 0 Å². The summed E-state index contributed by atoms with van der Waals surface area (Å²) >= 11 is 0. The van der Waals surface area contributed by atoms with Crippen LogP contribution in [-0.4, -0.2) is 21.2 Å². The number of hydrogen-bond acceptors (Lipinski definition) is 2. The van der Waals surface area contributed by atoms with Crippen molar-refractivity contribution in [2.45, 2.75) is 32.3 Å². The Morgan fingerprint density at radius 3 is 3.13 bits per heavy atom. The minimum absolute atomic E-state index is 0.227. The molecule has 0 bridgehead atoms. The van der Waals surface area contributed by atoms with Crippen molar-refractivity contribution in [3.05, 3.63) is 30.1 Å². The van der Waals surface area contributed by atoms with Crippen molar-refractivity contribution in [3.63, 3.8) is 0 Å². The molecule has 0 aliphatic heterocycles. The van der Waals surface area contributed by atoms with Crippen molar-refractivity contribution < 1.29 is 5.11 Å². The van der Waals surface area contributed by atoms with E-state index >= 15 is 0 Å². The number of fused-ring (bicyclic) bond motifs is 1. The first kappa shape index (κ1) is 10.2. The average molecular weight is 204 g/mol. The Hall–Kier alpha value is -1.35. The highest BCUT2D eigenvalue weighted by Crippen LogP contribution is 2.14. The van der Waals surface area contributed by atoms with Gasteiger partial charge in [0.25, 0.3) is 0 Å². The van der Waals surface area contributed by atoms with Crippen molar-refractivity contribution in [1.82, 2.24) is 9.97 Å². The highest BCUT2D eigenvalue weighted by atomic mass is 16.3. The van der Waals surface area contributed by atoms with E-state index in [1.54, 1.807) is 6.33 Å². The molecule has 0 aliphatic carbocycles. The van der Waals surface area contributed by atoms with Crippen molar-refractivity contribution in [1.29, 1.82) is 0 Å². The summed E-state index contributed by atoms with van der Waals surface area (Å²) in [7, 11) is 0. The van der Waals surface area contributed by atoms with Crippen LogP contribution in [0.3, 0.4) is 0 Å². The van der Waals surface area contributed by atoms with Crippen LogP contribution in [0.1, 0.15) is 25.3 Å². The lowest BCUT2D eigenvalue weighted by atomic mass is 10.0. The molecule has 0 amide bonds. The van der Waals surface area contributed by atoms with E-state index < -0.39 is 0 Å². The largest absolute Gasteiger partial charge is 0.393 e. The molecule has 2 rings (SSSR count). The zero-order valence-corrected chi connectivity index (χ0v) is 8.90. The third-order valence-corrected chi connectivity index (χ3v) is 2.58. The van der Waals surface area contributed by atoms with Crippen molar-refractivity contribution in [3.8, 4) is 0 Å². The van der Waals surface area contributed by atoms with E-state index in [2.05, 4.69) is 23.0 Å². The number of H-pyrrole nitrogens is 1. The SMILES string of the molecule is CCCC(O)Cc1ccc2nc[nH]c2c1. The highest BCUT2D eigenvalue weighted by Gasteiger charge is 2.05. The lowest BCUT2D eigenvalue weighted by molar-refractivity contribution is 0.164. The quantitative estimate of drug-likeness (QED) is 0.802. The van der Waals surface area contributed by atoms with E-state index in [1.165, 1.54) is 0 Å². The van der Waals surface area contributed by atoms with E-state index in [4.69, 9.17) is 0 Å². The molecule has 0 saturated heterocycles. The van der Waals surface area contributed by atoms with Crippen LogP contribution in [0.25, 0.3) is 11.0 Å². The lowest BCUT2D eigenvalue weighted by Crippen LogP contribution is -2.09. The number of rotatable bonds is 4. The minimum Gasteiger partial charge on any atom is -0.393 e. The molecule has 3 nitrogen and oxygen atoms in total. The number of imidazole rings is 1. The van der Waals surface area contributed by atoms with Crippen LogP contribution >= 0.6 is 0 Å². The maximum Gasteiger partial charge on any atom is 0.0931 e. The molecule has 3 heteroatoms. The fraction of sp³-hybridized carbons (Fsp3) is 0.417. The van der Waals surface area contributed by atoms with E-state index in [0.717, 1.165) is 35.9 Å². The van der Waals surface area contributed by atoms with Crippen LogP contribution in [0, 0.1) is 0 Å². The summed E-state index contributed by atoms with van der Waals surface area (Å²) in [5.74, 6) is 0. The number of aromatic nitrogens is 2. The van der Waals surface area contributed by atoms with Crippen molar-refractivity contribution in [2.24, 2.45) is 0 Å². The van der Waals surface area contributed by atoms with Crippen LogP contribution in [0.2, 0.25) is 0 Å². The summed E-state index contributed by atoms with van der Waals surface area (Å²) in [5.41, 5.74) is 3.17.